The number of aliphatic hydroxyl groups excluding tert-OH is 1. The zero-order chi connectivity index (χ0) is 11.3. The normalized spacial score (nSPS) is 13.7. The first-order valence-corrected chi connectivity index (χ1v) is 4.17. The Kier molecular flexibility index (Phi) is 3.68. The molecule has 0 radical (unpaired) electrons. The molecule has 1 aromatic carbocycles. The van der Waals surface area contributed by atoms with Crippen molar-refractivity contribution in [1.29, 1.82) is 0 Å². The van der Waals surface area contributed by atoms with E-state index in [9.17, 15) is 9.90 Å². The molecule has 0 aromatic heterocycles. The Morgan fingerprint density at radius 3 is 2.47 bits per heavy atom. The first kappa shape index (κ1) is 11.0. The molecule has 0 saturated carbocycles. The third kappa shape index (κ3) is 2.70. The molecule has 2 atom stereocenters. The van der Waals surface area contributed by atoms with Crippen molar-refractivity contribution in [1.82, 2.24) is 0 Å². The van der Waals surface area contributed by atoms with Crippen molar-refractivity contribution < 1.29 is 15.0 Å². The van der Waals surface area contributed by atoms with Gasteiger partial charge in [-0.2, -0.15) is 0 Å². The fraction of sp³-hybridized carbons (Fsp3) is 0.222. The molecule has 0 bridgehead atoms. The molecule has 6 nitrogen and oxygen atoms in total. The molecular weight excluding hydrogens is 198 g/mol. The minimum atomic E-state index is -1.73. The van der Waals surface area contributed by atoms with E-state index in [1.165, 1.54) is 0 Å². The Labute approximate surface area is 85.4 Å². The van der Waals surface area contributed by atoms with Crippen molar-refractivity contribution in [2.75, 3.05) is 0 Å². The zero-order valence-corrected chi connectivity index (χ0v) is 7.69. The number of azide groups is 1. The zero-order valence-electron chi connectivity index (χ0n) is 7.69. The minimum Gasteiger partial charge on any atom is -0.479 e. The molecule has 0 aliphatic rings. The van der Waals surface area contributed by atoms with Gasteiger partial charge in [-0.1, -0.05) is 35.4 Å². The summed E-state index contributed by atoms with van der Waals surface area (Å²) in [5.41, 5.74) is 8.75. The van der Waals surface area contributed by atoms with Gasteiger partial charge in [0.25, 0.3) is 0 Å². The molecule has 0 aliphatic carbocycles. The SMILES string of the molecule is [N-]=[N+]=NC(c1ccccc1)C(O)C(=O)O. The van der Waals surface area contributed by atoms with Crippen molar-refractivity contribution in [3.8, 4) is 0 Å². The highest BCUT2D eigenvalue weighted by molar-refractivity contribution is 5.73. The largest absolute Gasteiger partial charge is 0.479 e. The second-order valence-corrected chi connectivity index (χ2v) is 2.84. The molecule has 0 aliphatic heterocycles. The second-order valence-electron chi connectivity index (χ2n) is 2.84. The van der Waals surface area contributed by atoms with Crippen molar-refractivity contribution in [3.05, 3.63) is 46.3 Å². The number of carboxylic acids is 1. The Morgan fingerprint density at radius 2 is 2.00 bits per heavy atom. The van der Waals surface area contributed by atoms with Crippen LogP contribution < -0.4 is 0 Å². The number of aliphatic carboxylic acids is 1. The van der Waals surface area contributed by atoms with E-state index >= 15 is 0 Å². The van der Waals surface area contributed by atoms with Crippen LogP contribution in [0.25, 0.3) is 10.4 Å². The summed E-state index contributed by atoms with van der Waals surface area (Å²) < 4.78 is 0. The van der Waals surface area contributed by atoms with Gasteiger partial charge in [0.2, 0.25) is 0 Å². The van der Waals surface area contributed by atoms with Gasteiger partial charge < -0.3 is 10.2 Å². The van der Waals surface area contributed by atoms with E-state index in [4.69, 9.17) is 10.6 Å². The van der Waals surface area contributed by atoms with Gasteiger partial charge in [0, 0.05) is 4.91 Å². The van der Waals surface area contributed by atoms with E-state index in [-0.39, 0.29) is 0 Å². The molecule has 2 N–H and O–H groups in total. The summed E-state index contributed by atoms with van der Waals surface area (Å²) in [7, 11) is 0. The third-order valence-corrected chi connectivity index (χ3v) is 1.87. The van der Waals surface area contributed by atoms with Crippen molar-refractivity contribution in [2.45, 2.75) is 12.1 Å². The van der Waals surface area contributed by atoms with Gasteiger partial charge in [-0.3, -0.25) is 0 Å². The Balaban J connectivity index is 3.03. The lowest BCUT2D eigenvalue weighted by Crippen LogP contribution is -2.26. The van der Waals surface area contributed by atoms with Gasteiger partial charge in [0.05, 0.1) is 6.04 Å². The number of benzene rings is 1. The van der Waals surface area contributed by atoms with Crippen LogP contribution in [0.4, 0.5) is 0 Å². The van der Waals surface area contributed by atoms with Gasteiger partial charge in [-0.25, -0.2) is 4.79 Å². The quantitative estimate of drug-likeness (QED) is 0.443. The first-order chi connectivity index (χ1) is 7.16. The average molecular weight is 207 g/mol. The standard InChI is InChI=1S/C9H9N3O3/c10-12-11-7(8(13)9(14)15)6-4-2-1-3-5-6/h1-5,7-8,13H,(H,14,15). The smallest absolute Gasteiger partial charge is 0.333 e. The van der Waals surface area contributed by atoms with E-state index in [0.29, 0.717) is 5.56 Å². The summed E-state index contributed by atoms with van der Waals surface area (Å²) >= 11 is 0. The average Bonchev–Trinajstić information content (AvgIpc) is 2.26. The Hall–Kier alpha value is -2.04. The molecule has 0 fully saturated rings. The molecule has 0 saturated heterocycles. The molecule has 2 unspecified atom stereocenters. The van der Waals surface area contributed by atoms with Gasteiger partial charge in [0.1, 0.15) is 0 Å². The van der Waals surface area contributed by atoms with E-state index in [1.807, 2.05) is 0 Å². The van der Waals surface area contributed by atoms with Crippen LogP contribution in [-0.2, 0) is 4.79 Å². The number of hydrogen-bond donors (Lipinski definition) is 2. The Morgan fingerprint density at radius 1 is 1.40 bits per heavy atom. The monoisotopic (exact) mass is 207 g/mol. The summed E-state index contributed by atoms with van der Waals surface area (Å²) in [4.78, 5) is 13.1. The van der Waals surface area contributed by atoms with Crippen LogP contribution in [-0.4, -0.2) is 22.3 Å². The molecule has 0 heterocycles. The lowest BCUT2D eigenvalue weighted by atomic mass is 10.0. The summed E-state index contributed by atoms with van der Waals surface area (Å²) in [6, 6.07) is 7.16. The lowest BCUT2D eigenvalue weighted by molar-refractivity contribution is -0.147. The fourth-order valence-electron chi connectivity index (χ4n) is 1.15. The van der Waals surface area contributed by atoms with E-state index < -0.39 is 18.1 Å². The highest BCUT2D eigenvalue weighted by atomic mass is 16.4. The summed E-state index contributed by atoms with van der Waals surface area (Å²) in [6.07, 6.45) is -1.73. The summed E-state index contributed by atoms with van der Waals surface area (Å²) in [6.45, 7) is 0. The van der Waals surface area contributed by atoms with E-state index in [1.54, 1.807) is 30.3 Å². The van der Waals surface area contributed by atoms with Crippen molar-refractivity contribution in [2.24, 2.45) is 5.11 Å². The number of hydrogen-bond acceptors (Lipinski definition) is 3. The molecule has 6 heteroatoms. The number of carboxylic acid groups (broad SMARTS) is 1. The molecule has 1 rings (SSSR count). The molecule has 0 spiro atoms. The van der Waals surface area contributed by atoms with Crippen molar-refractivity contribution in [3.63, 3.8) is 0 Å². The summed E-state index contributed by atoms with van der Waals surface area (Å²) in [5, 5.41) is 21.2. The van der Waals surface area contributed by atoms with Gasteiger partial charge in [0.15, 0.2) is 6.10 Å². The fourth-order valence-corrected chi connectivity index (χ4v) is 1.15. The van der Waals surface area contributed by atoms with Crippen LogP contribution in [0.15, 0.2) is 35.4 Å². The first-order valence-electron chi connectivity index (χ1n) is 4.17. The highest BCUT2D eigenvalue weighted by Crippen LogP contribution is 2.21. The molecular formula is C9H9N3O3. The number of nitrogens with zero attached hydrogens (tertiary/aromatic N) is 3. The lowest BCUT2D eigenvalue weighted by Gasteiger charge is -2.14. The maximum absolute atomic E-state index is 10.6. The van der Waals surface area contributed by atoms with Crippen molar-refractivity contribution >= 4 is 5.97 Å². The maximum Gasteiger partial charge on any atom is 0.333 e. The predicted molar refractivity (Wildman–Crippen MR) is 52.0 cm³/mol. The minimum absolute atomic E-state index is 0.463. The van der Waals surface area contributed by atoms with Gasteiger partial charge in [-0.05, 0) is 11.1 Å². The van der Waals surface area contributed by atoms with E-state index in [2.05, 4.69) is 10.0 Å². The van der Waals surface area contributed by atoms with Crippen LogP contribution in [0.3, 0.4) is 0 Å². The van der Waals surface area contributed by atoms with Crippen LogP contribution in [0.5, 0.6) is 0 Å². The molecule has 1 aromatic rings. The van der Waals surface area contributed by atoms with E-state index in [0.717, 1.165) is 0 Å². The Bertz CT molecular complexity index is 387. The number of aliphatic hydroxyl groups is 1. The van der Waals surface area contributed by atoms with Gasteiger partial charge in [-0.15, -0.1) is 0 Å². The number of rotatable bonds is 4. The van der Waals surface area contributed by atoms with Crippen LogP contribution in [0.2, 0.25) is 0 Å². The second kappa shape index (κ2) is 4.99. The van der Waals surface area contributed by atoms with Crippen LogP contribution in [0.1, 0.15) is 11.6 Å². The number of carbonyl (C=O) groups is 1. The van der Waals surface area contributed by atoms with Crippen LogP contribution in [0, 0.1) is 0 Å². The molecule has 0 amide bonds. The topological polar surface area (TPSA) is 106 Å². The van der Waals surface area contributed by atoms with Gasteiger partial charge >= 0.3 is 5.97 Å². The summed E-state index contributed by atoms with van der Waals surface area (Å²) in [5.74, 6) is -1.42. The molecule has 78 valence electrons. The maximum atomic E-state index is 10.6. The predicted octanol–water partition coefficient (Wildman–Crippen LogP) is 1.48. The van der Waals surface area contributed by atoms with Crippen LogP contribution >= 0.6 is 0 Å². The molecule has 15 heavy (non-hydrogen) atoms. The highest BCUT2D eigenvalue weighted by Gasteiger charge is 2.25. The third-order valence-electron chi connectivity index (χ3n) is 1.87.